The minimum absolute atomic E-state index is 0.00398. The molecule has 0 radical (unpaired) electrons. The normalized spacial score (nSPS) is 21.1. The van der Waals surface area contributed by atoms with E-state index < -0.39 is 11.4 Å². The highest BCUT2D eigenvalue weighted by molar-refractivity contribution is 6.03. The molecule has 1 heterocycles. The molecular weight excluding hydrogens is 296 g/mol. The fourth-order valence-electron chi connectivity index (χ4n) is 2.35. The number of rotatable bonds is 4. The van der Waals surface area contributed by atoms with Crippen LogP contribution in [0.4, 0.5) is 0 Å². The Hall–Kier alpha value is -2.36. The minimum atomic E-state index is -1.36. The van der Waals surface area contributed by atoms with Crippen molar-refractivity contribution in [1.82, 2.24) is 4.90 Å². The Morgan fingerprint density at radius 3 is 2.48 bits per heavy atom. The van der Waals surface area contributed by atoms with Crippen LogP contribution in [0.2, 0.25) is 0 Å². The van der Waals surface area contributed by atoms with Crippen LogP contribution in [-0.2, 0) is 9.59 Å². The molecule has 0 saturated carbocycles. The summed E-state index contributed by atoms with van der Waals surface area (Å²) in [6.45, 7) is 0.469. The van der Waals surface area contributed by atoms with E-state index in [9.17, 15) is 9.59 Å². The number of aliphatic hydroxyl groups is 1. The van der Waals surface area contributed by atoms with Crippen LogP contribution >= 0.6 is 0 Å². The Morgan fingerprint density at radius 1 is 1.48 bits per heavy atom. The minimum Gasteiger partial charge on any atom is -0.480 e. The number of nitrogens with two attached hydrogens (primary N) is 1. The van der Waals surface area contributed by atoms with E-state index in [1.807, 2.05) is 30.3 Å². The van der Waals surface area contributed by atoms with Crippen molar-refractivity contribution < 1.29 is 19.8 Å². The summed E-state index contributed by atoms with van der Waals surface area (Å²) in [5, 5.41) is 17.6. The number of aliphatic hydroxyl groups excluding tert-OH is 1. The molecule has 1 aliphatic rings. The van der Waals surface area contributed by atoms with Crippen LogP contribution in [0, 0.1) is 17.8 Å². The molecule has 6 nitrogen and oxygen atoms in total. The molecule has 1 saturated heterocycles. The molecule has 1 amide bonds. The molecule has 0 aliphatic carbocycles. The smallest absolute Gasteiger partial charge is 0.320 e. The first-order chi connectivity index (χ1) is 10.9. The molecular formula is C17H22N2O4. The lowest BCUT2D eigenvalue weighted by atomic mass is 9.83. The topological polar surface area (TPSA) is 104 Å². The van der Waals surface area contributed by atoms with Gasteiger partial charge in [0.2, 0.25) is 5.91 Å². The Labute approximate surface area is 135 Å². The number of carbonyl (C=O) groups excluding carboxylic acids is 1. The molecule has 0 spiro atoms. The molecule has 2 rings (SSSR count). The maximum Gasteiger partial charge on any atom is 0.320 e. The van der Waals surface area contributed by atoms with Gasteiger partial charge in [-0.15, -0.1) is 12.3 Å². The van der Waals surface area contributed by atoms with E-state index in [2.05, 4.69) is 5.92 Å². The predicted octanol–water partition coefficient (Wildman–Crippen LogP) is 0.622. The monoisotopic (exact) mass is 318 g/mol. The molecule has 0 bridgehead atoms. The maximum atomic E-state index is 11.5. The van der Waals surface area contributed by atoms with Gasteiger partial charge in [0.05, 0.1) is 12.6 Å². The summed E-state index contributed by atoms with van der Waals surface area (Å²) in [7, 11) is 1.59. The van der Waals surface area contributed by atoms with Crippen molar-refractivity contribution in [1.29, 1.82) is 0 Å². The quantitative estimate of drug-likeness (QED) is 0.558. The number of carboxylic acid groups (broad SMARTS) is 1. The van der Waals surface area contributed by atoms with Crippen LogP contribution in [0.25, 0.3) is 0 Å². The highest BCUT2D eigenvalue weighted by Crippen LogP contribution is 2.34. The lowest BCUT2D eigenvalue weighted by Gasteiger charge is -2.18. The van der Waals surface area contributed by atoms with E-state index in [0.29, 0.717) is 13.0 Å². The van der Waals surface area contributed by atoms with E-state index in [-0.39, 0.29) is 25.0 Å². The average molecular weight is 318 g/mol. The molecule has 1 aliphatic heterocycles. The molecule has 1 aromatic carbocycles. The Kier molecular flexibility index (Phi) is 6.76. The summed E-state index contributed by atoms with van der Waals surface area (Å²) >= 11 is 0. The molecule has 1 aromatic rings. The zero-order valence-electron chi connectivity index (χ0n) is 13.1. The highest BCUT2D eigenvalue weighted by atomic mass is 16.4. The number of terminal acetylenes is 1. The van der Waals surface area contributed by atoms with E-state index in [1.165, 1.54) is 4.90 Å². The summed E-state index contributed by atoms with van der Waals surface area (Å²) in [6, 6.07) is 9.31. The molecule has 0 aromatic heterocycles. The Morgan fingerprint density at radius 2 is 2.09 bits per heavy atom. The average Bonchev–Trinajstić information content (AvgIpc) is 2.85. The fraction of sp³-hybridized carbons (Fsp3) is 0.412. The van der Waals surface area contributed by atoms with Gasteiger partial charge in [0.1, 0.15) is 0 Å². The van der Waals surface area contributed by atoms with Gasteiger partial charge in [-0.05, 0) is 12.0 Å². The molecule has 2 atom stereocenters. The molecule has 124 valence electrons. The summed E-state index contributed by atoms with van der Waals surface area (Å²) in [5.41, 5.74) is 5.16. The van der Waals surface area contributed by atoms with Gasteiger partial charge in [0, 0.05) is 20.0 Å². The lowest BCUT2D eigenvalue weighted by molar-refractivity contribution is -0.155. The SMILES string of the molecule is C#CC[C@]1(C(=O)O)CCN(C)C1=O.N[C@H](CO)c1ccccc1. The first-order valence-electron chi connectivity index (χ1n) is 7.23. The van der Waals surface area contributed by atoms with Crippen molar-refractivity contribution >= 4 is 11.9 Å². The third kappa shape index (κ3) is 4.31. The lowest BCUT2D eigenvalue weighted by Crippen LogP contribution is -2.39. The second-order valence-corrected chi connectivity index (χ2v) is 5.44. The van der Waals surface area contributed by atoms with Gasteiger partial charge in [0.15, 0.2) is 5.41 Å². The number of hydrogen-bond donors (Lipinski definition) is 3. The predicted molar refractivity (Wildman–Crippen MR) is 86.2 cm³/mol. The molecule has 1 fully saturated rings. The molecule has 6 heteroatoms. The number of hydrogen-bond acceptors (Lipinski definition) is 4. The van der Waals surface area contributed by atoms with Gasteiger partial charge in [-0.1, -0.05) is 30.3 Å². The number of likely N-dealkylation sites (tertiary alicyclic amines) is 1. The van der Waals surface area contributed by atoms with Crippen molar-refractivity contribution in [2.24, 2.45) is 11.1 Å². The van der Waals surface area contributed by atoms with Crippen molar-refractivity contribution in [2.45, 2.75) is 18.9 Å². The van der Waals surface area contributed by atoms with Gasteiger partial charge in [-0.25, -0.2) is 0 Å². The van der Waals surface area contributed by atoms with Crippen molar-refractivity contribution in [3.05, 3.63) is 35.9 Å². The fourth-order valence-corrected chi connectivity index (χ4v) is 2.35. The summed E-state index contributed by atoms with van der Waals surface area (Å²) in [5.74, 6) is 0.766. The number of amides is 1. The molecule has 0 unspecified atom stereocenters. The summed E-state index contributed by atoms with van der Waals surface area (Å²) in [4.78, 5) is 23.8. The van der Waals surface area contributed by atoms with Gasteiger partial charge in [-0.3, -0.25) is 9.59 Å². The summed E-state index contributed by atoms with van der Waals surface area (Å²) < 4.78 is 0. The van der Waals surface area contributed by atoms with Gasteiger partial charge >= 0.3 is 5.97 Å². The third-order valence-electron chi connectivity index (χ3n) is 3.87. The van der Waals surface area contributed by atoms with Crippen LogP contribution in [-0.4, -0.2) is 47.2 Å². The number of carbonyl (C=O) groups is 2. The van der Waals surface area contributed by atoms with E-state index in [0.717, 1.165) is 5.56 Å². The van der Waals surface area contributed by atoms with Crippen molar-refractivity contribution in [2.75, 3.05) is 20.2 Å². The van der Waals surface area contributed by atoms with Crippen LogP contribution in [0.3, 0.4) is 0 Å². The second-order valence-electron chi connectivity index (χ2n) is 5.44. The number of benzene rings is 1. The maximum absolute atomic E-state index is 11.5. The first kappa shape index (κ1) is 18.7. The van der Waals surface area contributed by atoms with Crippen LogP contribution in [0.15, 0.2) is 30.3 Å². The zero-order valence-corrected chi connectivity index (χ0v) is 13.1. The van der Waals surface area contributed by atoms with E-state index in [4.69, 9.17) is 22.4 Å². The van der Waals surface area contributed by atoms with Crippen molar-refractivity contribution in [3.8, 4) is 12.3 Å². The van der Waals surface area contributed by atoms with Gasteiger partial charge in [-0.2, -0.15) is 0 Å². The van der Waals surface area contributed by atoms with Crippen LogP contribution in [0.1, 0.15) is 24.4 Å². The van der Waals surface area contributed by atoms with Gasteiger partial charge < -0.3 is 20.8 Å². The standard InChI is InChI=1S/C9H11NO3.C8H11NO/c1-3-4-9(8(12)13)5-6-10(2)7(9)11;9-8(6-10)7-4-2-1-3-5-7/h1H,4-6H2,2H3,(H,12,13);1-5,8,10H,6,9H2/t9-;8-/m01/s1. The highest BCUT2D eigenvalue weighted by Gasteiger charge is 2.51. The largest absolute Gasteiger partial charge is 0.480 e. The molecule has 4 N–H and O–H groups in total. The Bertz CT molecular complexity index is 582. The Balaban J connectivity index is 0.000000238. The number of carboxylic acids is 1. The molecule has 23 heavy (non-hydrogen) atoms. The zero-order chi connectivity index (χ0) is 17.5. The van der Waals surface area contributed by atoms with Crippen LogP contribution < -0.4 is 5.73 Å². The second kappa shape index (κ2) is 8.32. The van der Waals surface area contributed by atoms with E-state index >= 15 is 0 Å². The van der Waals surface area contributed by atoms with Gasteiger partial charge in [0.25, 0.3) is 0 Å². The third-order valence-corrected chi connectivity index (χ3v) is 3.87. The number of aliphatic carboxylic acids is 1. The number of nitrogens with zero attached hydrogens (tertiary/aromatic N) is 1. The van der Waals surface area contributed by atoms with E-state index in [1.54, 1.807) is 7.05 Å². The van der Waals surface area contributed by atoms with Crippen molar-refractivity contribution in [3.63, 3.8) is 0 Å². The first-order valence-corrected chi connectivity index (χ1v) is 7.23. The summed E-state index contributed by atoms with van der Waals surface area (Å²) in [6.07, 6.45) is 5.34. The van der Waals surface area contributed by atoms with Crippen LogP contribution in [0.5, 0.6) is 0 Å².